The number of hydrogen-bond acceptors (Lipinski definition) is 3. The highest BCUT2D eigenvalue weighted by Crippen LogP contribution is 2.37. The van der Waals surface area contributed by atoms with Crippen molar-refractivity contribution in [3.63, 3.8) is 0 Å². The summed E-state index contributed by atoms with van der Waals surface area (Å²) in [4.78, 5) is 0. The van der Waals surface area contributed by atoms with Crippen LogP contribution < -0.4 is 0 Å². The normalized spacial score (nSPS) is 10.5. The molecule has 0 atom stereocenters. The monoisotopic (exact) mass is 230 g/mol. The van der Waals surface area contributed by atoms with Crippen LogP contribution in [0.5, 0.6) is 17.2 Å². The summed E-state index contributed by atoms with van der Waals surface area (Å²) < 4.78 is 0. The molecule has 2 aromatic rings. The predicted octanol–water partition coefficient (Wildman–Crippen LogP) is 3.09. The second-order valence-electron chi connectivity index (χ2n) is 4.16. The number of phenols is 3. The van der Waals surface area contributed by atoms with Crippen molar-refractivity contribution in [2.45, 2.75) is 13.8 Å². The Balaban J connectivity index is 2.68. The zero-order valence-corrected chi connectivity index (χ0v) is 9.73. The maximum absolute atomic E-state index is 9.81. The van der Waals surface area contributed by atoms with Gasteiger partial charge in [-0.25, -0.2) is 0 Å². The van der Waals surface area contributed by atoms with Crippen molar-refractivity contribution in [3.05, 3.63) is 41.5 Å². The summed E-state index contributed by atoms with van der Waals surface area (Å²) in [6, 6.07) is 7.99. The standard InChI is InChI=1S/C14H14O3/c1-8-5-12(9(2)13(16)6-8)11-4-3-10(15)7-14(11)17/h3-7,15-17H,1-2H3. The van der Waals surface area contributed by atoms with Gasteiger partial charge in [0, 0.05) is 11.6 Å². The van der Waals surface area contributed by atoms with Crippen molar-refractivity contribution in [3.8, 4) is 28.4 Å². The molecule has 3 nitrogen and oxygen atoms in total. The van der Waals surface area contributed by atoms with Crippen LogP contribution in [0, 0.1) is 13.8 Å². The molecule has 0 spiro atoms. The first-order chi connectivity index (χ1) is 7.99. The van der Waals surface area contributed by atoms with Crippen molar-refractivity contribution < 1.29 is 15.3 Å². The van der Waals surface area contributed by atoms with E-state index in [0.29, 0.717) is 11.1 Å². The highest BCUT2D eigenvalue weighted by molar-refractivity contribution is 5.76. The molecule has 0 aromatic heterocycles. The van der Waals surface area contributed by atoms with Crippen LogP contribution in [-0.4, -0.2) is 15.3 Å². The van der Waals surface area contributed by atoms with Crippen molar-refractivity contribution in [2.24, 2.45) is 0 Å². The van der Waals surface area contributed by atoms with E-state index >= 15 is 0 Å². The van der Waals surface area contributed by atoms with Crippen LogP contribution in [0.3, 0.4) is 0 Å². The molecule has 17 heavy (non-hydrogen) atoms. The molecule has 0 amide bonds. The quantitative estimate of drug-likeness (QED) is 0.705. The fourth-order valence-electron chi connectivity index (χ4n) is 1.87. The minimum atomic E-state index is -0.00176. The van der Waals surface area contributed by atoms with E-state index in [-0.39, 0.29) is 17.2 Å². The molecule has 0 radical (unpaired) electrons. The first-order valence-corrected chi connectivity index (χ1v) is 5.31. The first-order valence-electron chi connectivity index (χ1n) is 5.31. The highest BCUT2D eigenvalue weighted by atomic mass is 16.3. The number of hydrogen-bond donors (Lipinski definition) is 3. The van der Waals surface area contributed by atoms with Gasteiger partial charge >= 0.3 is 0 Å². The first kappa shape index (κ1) is 11.3. The van der Waals surface area contributed by atoms with E-state index in [1.807, 2.05) is 13.0 Å². The third kappa shape index (κ3) is 2.04. The van der Waals surface area contributed by atoms with Crippen LogP contribution in [0.2, 0.25) is 0 Å². The van der Waals surface area contributed by atoms with Crippen molar-refractivity contribution in [1.29, 1.82) is 0 Å². The average molecular weight is 230 g/mol. The number of benzene rings is 2. The zero-order chi connectivity index (χ0) is 12.6. The molecule has 0 aliphatic carbocycles. The Morgan fingerprint density at radius 2 is 1.47 bits per heavy atom. The van der Waals surface area contributed by atoms with Gasteiger partial charge in [-0.05, 0) is 48.7 Å². The van der Waals surface area contributed by atoms with Crippen LogP contribution in [0.4, 0.5) is 0 Å². The molecule has 0 fully saturated rings. The summed E-state index contributed by atoms with van der Waals surface area (Å²) in [5.74, 6) is 0.214. The van der Waals surface area contributed by atoms with Crippen molar-refractivity contribution in [1.82, 2.24) is 0 Å². The minimum absolute atomic E-state index is 0.00176. The number of aryl methyl sites for hydroxylation is 1. The molecule has 3 N–H and O–H groups in total. The van der Waals surface area contributed by atoms with Gasteiger partial charge in [0.05, 0.1) is 0 Å². The Bertz CT molecular complexity index is 574. The largest absolute Gasteiger partial charge is 0.508 e. The SMILES string of the molecule is Cc1cc(O)c(C)c(-c2ccc(O)cc2O)c1. The van der Waals surface area contributed by atoms with E-state index in [1.54, 1.807) is 19.1 Å². The van der Waals surface area contributed by atoms with Crippen LogP contribution in [0.1, 0.15) is 11.1 Å². The van der Waals surface area contributed by atoms with E-state index in [9.17, 15) is 15.3 Å². The molecule has 0 bridgehead atoms. The lowest BCUT2D eigenvalue weighted by atomic mass is 9.97. The second-order valence-corrected chi connectivity index (χ2v) is 4.16. The van der Waals surface area contributed by atoms with Crippen LogP contribution in [0.15, 0.2) is 30.3 Å². The van der Waals surface area contributed by atoms with Gasteiger partial charge in [-0.1, -0.05) is 6.07 Å². The van der Waals surface area contributed by atoms with Gasteiger partial charge in [-0.2, -0.15) is 0 Å². The molecule has 0 saturated heterocycles. The fourth-order valence-corrected chi connectivity index (χ4v) is 1.87. The Kier molecular flexibility index (Phi) is 2.68. The average Bonchev–Trinajstić information content (AvgIpc) is 2.24. The van der Waals surface area contributed by atoms with Crippen LogP contribution in [0.25, 0.3) is 11.1 Å². The zero-order valence-electron chi connectivity index (χ0n) is 9.73. The lowest BCUT2D eigenvalue weighted by Gasteiger charge is -2.11. The predicted molar refractivity (Wildman–Crippen MR) is 66.3 cm³/mol. The van der Waals surface area contributed by atoms with Crippen molar-refractivity contribution in [2.75, 3.05) is 0 Å². The highest BCUT2D eigenvalue weighted by Gasteiger charge is 2.11. The van der Waals surface area contributed by atoms with Gasteiger partial charge in [0.2, 0.25) is 0 Å². The lowest BCUT2D eigenvalue weighted by Crippen LogP contribution is -1.87. The van der Waals surface area contributed by atoms with Crippen LogP contribution >= 0.6 is 0 Å². The molecule has 0 aliphatic rings. The topological polar surface area (TPSA) is 60.7 Å². The Morgan fingerprint density at radius 3 is 2.12 bits per heavy atom. The molecule has 0 heterocycles. The molecular formula is C14H14O3. The lowest BCUT2D eigenvalue weighted by molar-refractivity contribution is 0.451. The molecule has 88 valence electrons. The number of rotatable bonds is 1. The second kappa shape index (κ2) is 4.01. The number of aromatic hydroxyl groups is 3. The minimum Gasteiger partial charge on any atom is -0.508 e. The third-order valence-electron chi connectivity index (χ3n) is 2.80. The van der Waals surface area contributed by atoms with Gasteiger partial charge < -0.3 is 15.3 Å². The van der Waals surface area contributed by atoms with Gasteiger partial charge in [-0.15, -0.1) is 0 Å². The van der Waals surface area contributed by atoms with Crippen molar-refractivity contribution >= 4 is 0 Å². The Morgan fingerprint density at radius 1 is 0.765 bits per heavy atom. The number of phenolic OH excluding ortho intramolecular Hbond substituents is 3. The molecule has 3 heteroatoms. The van der Waals surface area contributed by atoms with Gasteiger partial charge in [0.1, 0.15) is 17.2 Å². The van der Waals surface area contributed by atoms with Crippen LogP contribution in [-0.2, 0) is 0 Å². The summed E-state index contributed by atoms with van der Waals surface area (Å²) in [5, 5.41) is 28.8. The van der Waals surface area contributed by atoms with E-state index < -0.39 is 0 Å². The summed E-state index contributed by atoms with van der Waals surface area (Å²) in [7, 11) is 0. The Labute approximate surface area is 99.6 Å². The maximum Gasteiger partial charge on any atom is 0.127 e. The molecule has 0 saturated carbocycles. The summed E-state index contributed by atoms with van der Waals surface area (Å²) >= 11 is 0. The molecular weight excluding hydrogens is 216 g/mol. The van der Waals surface area contributed by atoms with Gasteiger partial charge in [0.15, 0.2) is 0 Å². The van der Waals surface area contributed by atoms with E-state index in [1.165, 1.54) is 12.1 Å². The third-order valence-corrected chi connectivity index (χ3v) is 2.80. The smallest absolute Gasteiger partial charge is 0.127 e. The molecule has 0 aliphatic heterocycles. The molecule has 2 aromatic carbocycles. The fraction of sp³-hybridized carbons (Fsp3) is 0.143. The van der Waals surface area contributed by atoms with E-state index in [0.717, 1.165) is 11.1 Å². The molecule has 0 unspecified atom stereocenters. The summed E-state index contributed by atoms with van der Waals surface area (Å²) in [6.45, 7) is 3.66. The summed E-state index contributed by atoms with van der Waals surface area (Å²) in [5.41, 5.74) is 2.98. The maximum atomic E-state index is 9.81. The van der Waals surface area contributed by atoms with Gasteiger partial charge in [0.25, 0.3) is 0 Å². The van der Waals surface area contributed by atoms with E-state index in [4.69, 9.17) is 0 Å². The van der Waals surface area contributed by atoms with Gasteiger partial charge in [-0.3, -0.25) is 0 Å². The van der Waals surface area contributed by atoms with E-state index in [2.05, 4.69) is 0 Å². The Hall–Kier alpha value is -2.16. The summed E-state index contributed by atoms with van der Waals surface area (Å²) in [6.07, 6.45) is 0. The molecule has 2 rings (SSSR count).